The highest BCUT2D eigenvalue weighted by molar-refractivity contribution is 9.10. The van der Waals surface area contributed by atoms with Crippen molar-refractivity contribution in [3.63, 3.8) is 0 Å². The maximum absolute atomic E-state index is 13.5. The molecule has 82 valence electrons. The molecule has 0 aliphatic carbocycles. The van der Waals surface area contributed by atoms with Crippen LogP contribution in [0.5, 0.6) is 0 Å². The van der Waals surface area contributed by atoms with Gasteiger partial charge in [-0.15, -0.1) is 0 Å². The Morgan fingerprint density at radius 2 is 2.12 bits per heavy atom. The number of nitrogens with zero attached hydrogens (tertiary/aromatic N) is 1. The fourth-order valence-electron chi connectivity index (χ4n) is 1.41. The molecule has 0 fully saturated rings. The molecule has 2 rings (SSSR count). The third-order valence-corrected chi connectivity index (χ3v) is 2.63. The van der Waals surface area contributed by atoms with E-state index in [9.17, 15) is 4.39 Å². The molecule has 2 nitrogen and oxygen atoms in total. The minimum atomic E-state index is -0.264. The molecule has 4 heteroatoms. The van der Waals surface area contributed by atoms with Crippen molar-refractivity contribution >= 4 is 27.3 Å². The Bertz CT molecular complexity index is 494. The smallest absolute Gasteiger partial charge is 0.146 e. The normalized spacial score (nSPS) is 10.2. The first-order chi connectivity index (χ1) is 7.66. The predicted octanol–water partition coefficient (Wildman–Crippen LogP) is 4.04. The minimum Gasteiger partial charge on any atom is -0.352 e. The number of halogens is 2. The van der Waals surface area contributed by atoms with Gasteiger partial charge in [-0.2, -0.15) is 0 Å². The van der Waals surface area contributed by atoms with Crippen LogP contribution in [0.3, 0.4) is 0 Å². The van der Waals surface area contributed by atoms with Crippen LogP contribution in [0.25, 0.3) is 0 Å². The molecule has 1 aromatic heterocycles. The minimum absolute atomic E-state index is 0.264. The summed E-state index contributed by atoms with van der Waals surface area (Å²) >= 11 is 3.32. The largest absolute Gasteiger partial charge is 0.352 e. The Morgan fingerprint density at radius 3 is 2.81 bits per heavy atom. The number of pyridine rings is 1. The lowest BCUT2D eigenvalue weighted by Gasteiger charge is -2.10. The quantitative estimate of drug-likeness (QED) is 0.898. The van der Waals surface area contributed by atoms with E-state index < -0.39 is 0 Å². The lowest BCUT2D eigenvalue weighted by molar-refractivity contribution is 0.631. The van der Waals surface area contributed by atoms with Gasteiger partial charge in [0, 0.05) is 10.7 Å². The van der Waals surface area contributed by atoms with Crippen LogP contribution in [0, 0.1) is 12.7 Å². The van der Waals surface area contributed by atoms with Crippen LogP contribution in [0.4, 0.5) is 15.8 Å². The maximum Gasteiger partial charge on any atom is 0.146 e. The van der Waals surface area contributed by atoms with Crippen LogP contribution < -0.4 is 5.32 Å². The van der Waals surface area contributed by atoms with Crippen molar-refractivity contribution in [3.8, 4) is 0 Å². The molecule has 1 aromatic carbocycles. The number of nitrogens with one attached hydrogen (secondary N) is 1. The number of aryl methyl sites for hydroxylation is 1. The highest BCUT2D eigenvalue weighted by Gasteiger charge is 2.05. The SMILES string of the molecule is Cc1cccc(F)c1Nc1cncc(Br)c1. The average Bonchev–Trinajstić information content (AvgIpc) is 2.24. The zero-order chi connectivity index (χ0) is 11.5. The van der Waals surface area contributed by atoms with Crippen molar-refractivity contribution in [1.82, 2.24) is 4.98 Å². The number of hydrogen-bond acceptors (Lipinski definition) is 2. The second-order valence-electron chi connectivity index (χ2n) is 3.45. The molecule has 0 amide bonds. The molecule has 0 saturated carbocycles. The summed E-state index contributed by atoms with van der Waals surface area (Å²) in [4.78, 5) is 4.01. The van der Waals surface area contributed by atoms with Gasteiger partial charge >= 0.3 is 0 Å². The number of rotatable bonds is 2. The molecule has 0 spiro atoms. The molecular formula is C12H10BrFN2. The number of para-hydroxylation sites is 1. The summed E-state index contributed by atoms with van der Waals surface area (Å²) in [6.45, 7) is 1.86. The summed E-state index contributed by atoms with van der Waals surface area (Å²) in [5.74, 6) is -0.264. The van der Waals surface area contributed by atoms with Gasteiger partial charge in [0.2, 0.25) is 0 Å². The molecule has 0 saturated heterocycles. The highest BCUT2D eigenvalue weighted by atomic mass is 79.9. The van der Waals surface area contributed by atoms with Gasteiger partial charge in [0.1, 0.15) is 5.82 Å². The van der Waals surface area contributed by atoms with Crippen molar-refractivity contribution in [2.24, 2.45) is 0 Å². The number of hydrogen-bond donors (Lipinski definition) is 1. The fourth-order valence-corrected chi connectivity index (χ4v) is 1.78. The van der Waals surface area contributed by atoms with E-state index in [-0.39, 0.29) is 5.82 Å². The van der Waals surface area contributed by atoms with Crippen LogP contribution in [-0.4, -0.2) is 4.98 Å². The number of aromatic nitrogens is 1. The first-order valence-corrected chi connectivity index (χ1v) is 5.59. The third kappa shape index (κ3) is 2.39. The monoisotopic (exact) mass is 280 g/mol. The van der Waals surface area contributed by atoms with Gasteiger partial charge < -0.3 is 5.32 Å². The summed E-state index contributed by atoms with van der Waals surface area (Å²) in [5, 5.41) is 3.01. The molecule has 2 aromatic rings. The second-order valence-corrected chi connectivity index (χ2v) is 4.36. The van der Waals surface area contributed by atoms with Crippen LogP contribution >= 0.6 is 15.9 Å². The Balaban J connectivity index is 2.34. The van der Waals surface area contributed by atoms with E-state index in [1.165, 1.54) is 6.07 Å². The van der Waals surface area contributed by atoms with Gasteiger partial charge in [-0.1, -0.05) is 12.1 Å². The van der Waals surface area contributed by atoms with E-state index in [4.69, 9.17) is 0 Å². The van der Waals surface area contributed by atoms with E-state index in [0.717, 1.165) is 15.7 Å². The standard InChI is InChI=1S/C12H10BrFN2/c1-8-3-2-4-11(14)12(8)16-10-5-9(13)6-15-7-10/h2-7,16H,1H3. The Hall–Kier alpha value is -1.42. The number of benzene rings is 1. The Labute approximate surface area is 102 Å². The highest BCUT2D eigenvalue weighted by Crippen LogP contribution is 2.24. The van der Waals surface area contributed by atoms with E-state index in [2.05, 4.69) is 26.2 Å². The van der Waals surface area contributed by atoms with Crippen molar-refractivity contribution in [2.75, 3.05) is 5.32 Å². The van der Waals surface area contributed by atoms with Crippen LogP contribution in [-0.2, 0) is 0 Å². The van der Waals surface area contributed by atoms with E-state index >= 15 is 0 Å². The summed E-state index contributed by atoms with van der Waals surface area (Å²) < 4.78 is 14.4. The first kappa shape index (κ1) is 11.1. The molecule has 1 heterocycles. The lowest BCUT2D eigenvalue weighted by atomic mass is 10.2. The molecule has 0 bridgehead atoms. The van der Waals surface area contributed by atoms with Gasteiger partial charge in [0.25, 0.3) is 0 Å². The maximum atomic E-state index is 13.5. The van der Waals surface area contributed by atoms with Gasteiger partial charge in [-0.25, -0.2) is 4.39 Å². The summed E-state index contributed by atoms with van der Waals surface area (Å²) in [7, 11) is 0. The van der Waals surface area contributed by atoms with Crippen LogP contribution in [0.15, 0.2) is 41.1 Å². The van der Waals surface area contributed by atoms with E-state index in [1.807, 2.05) is 19.1 Å². The topological polar surface area (TPSA) is 24.9 Å². The zero-order valence-electron chi connectivity index (χ0n) is 8.67. The lowest BCUT2D eigenvalue weighted by Crippen LogP contribution is -1.96. The average molecular weight is 281 g/mol. The summed E-state index contributed by atoms with van der Waals surface area (Å²) in [6.07, 6.45) is 3.33. The van der Waals surface area contributed by atoms with Crippen LogP contribution in [0.2, 0.25) is 0 Å². The summed E-state index contributed by atoms with van der Waals surface area (Å²) in [6, 6.07) is 6.82. The van der Waals surface area contributed by atoms with Gasteiger partial charge in [0.05, 0.1) is 17.6 Å². The van der Waals surface area contributed by atoms with Gasteiger partial charge in [-0.3, -0.25) is 4.98 Å². The molecule has 0 radical (unpaired) electrons. The van der Waals surface area contributed by atoms with Crippen molar-refractivity contribution < 1.29 is 4.39 Å². The predicted molar refractivity (Wildman–Crippen MR) is 66.4 cm³/mol. The summed E-state index contributed by atoms with van der Waals surface area (Å²) in [5.41, 5.74) is 2.10. The molecule has 16 heavy (non-hydrogen) atoms. The van der Waals surface area contributed by atoms with Crippen LogP contribution in [0.1, 0.15) is 5.56 Å². The molecule has 1 N–H and O–H groups in total. The van der Waals surface area contributed by atoms with E-state index in [1.54, 1.807) is 18.5 Å². The van der Waals surface area contributed by atoms with Gasteiger partial charge in [0.15, 0.2) is 0 Å². The molecule has 0 aliphatic rings. The molecule has 0 atom stereocenters. The number of anilines is 2. The molecular weight excluding hydrogens is 271 g/mol. The van der Waals surface area contributed by atoms with Crippen molar-refractivity contribution in [2.45, 2.75) is 6.92 Å². The second kappa shape index (κ2) is 4.61. The molecule has 0 aliphatic heterocycles. The van der Waals surface area contributed by atoms with E-state index in [0.29, 0.717) is 5.69 Å². The fraction of sp³-hybridized carbons (Fsp3) is 0.0833. The molecule has 0 unspecified atom stereocenters. The third-order valence-electron chi connectivity index (χ3n) is 2.20. The first-order valence-electron chi connectivity index (χ1n) is 4.79. The van der Waals surface area contributed by atoms with Gasteiger partial charge in [-0.05, 0) is 40.5 Å². The zero-order valence-corrected chi connectivity index (χ0v) is 10.3. The van der Waals surface area contributed by atoms with Crippen molar-refractivity contribution in [1.29, 1.82) is 0 Å². The van der Waals surface area contributed by atoms with Crippen molar-refractivity contribution in [3.05, 3.63) is 52.5 Å². The Morgan fingerprint density at radius 1 is 1.31 bits per heavy atom. The Kier molecular flexibility index (Phi) is 3.19.